The highest BCUT2D eigenvalue weighted by Crippen LogP contribution is 2.27. The van der Waals surface area contributed by atoms with Crippen LogP contribution in [0.25, 0.3) is 0 Å². The fraction of sp³-hybridized carbons (Fsp3) is 0.417. The summed E-state index contributed by atoms with van der Waals surface area (Å²) in [6.45, 7) is 4.78. The molecule has 17 heavy (non-hydrogen) atoms. The highest BCUT2D eigenvalue weighted by Gasteiger charge is 2.20. The monoisotopic (exact) mass is 253 g/mol. The summed E-state index contributed by atoms with van der Waals surface area (Å²) in [5.74, 6) is 1.55. The van der Waals surface area contributed by atoms with E-state index in [0.717, 1.165) is 24.4 Å². The van der Waals surface area contributed by atoms with Crippen molar-refractivity contribution in [1.29, 1.82) is 0 Å². The van der Waals surface area contributed by atoms with Crippen LogP contribution in [0.3, 0.4) is 0 Å². The Bertz CT molecular complexity index is 504. The summed E-state index contributed by atoms with van der Waals surface area (Å²) in [6, 6.07) is 3.40. The number of furan rings is 1. The SMILES string of the molecule is CCCn1ncc(Cl)c1C(N)c1ccc(C)o1. The molecule has 0 radical (unpaired) electrons. The Labute approximate surface area is 105 Å². The third kappa shape index (κ3) is 2.37. The van der Waals surface area contributed by atoms with Crippen molar-refractivity contribution < 1.29 is 4.42 Å². The molecule has 0 bridgehead atoms. The van der Waals surface area contributed by atoms with Gasteiger partial charge in [0.25, 0.3) is 0 Å². The Morgan fingerprint density at radius 2 is 2.29 bits per heavy atom. The second-order valence-electron chi connectivity index (χ2n) is 4.03. The number of nitrogens with two attached hydrogens (primary N) is 1. The van der Waals surface area contributed by atoms with Gasteiger partial charge in [0.1, 0.15) is 17.6 Å². The normalized spacial score (nSPS) is 12.9. The van der Waals surface area contributed by atoms with Crippen LogP contribution in [0, 0.1) is 6.92 Å². The standard InChI is InChI=1S/C12H16ClN3O/c1-3-6-16-12(9(13)7-15-16)11(14)10-5-4-8(2)17-10/h4-5,7,11H,3,6,14H2,1-2H3. The molecule has 0 saturated carbocycles. The summed E-state index contributed by atoms with van der Waals surface area (Å²) in [5, 5.41) is 4.81. The first-order valence-electron chi connectivity index (χ1n) is 5.66. The molecule has 2 N–H and O–H groups in total. The maximum atomic E-state index is 6.17. The van der Waals surface area contributed by atoms with E-state index in [9.17, 15) is 0 Å². The number of aryl methyl sites for hydroxylation is 2. The average Bonchev–Trinajstić information content (AvgIpc) is 2.86. The van der Waals surface area contributed by atoms with Crippen LogP contribution in [0.2, 0.25) is 5.02 Å². The highest BCUT2D eigenvalue weighted by atomic mass is 35.5. The van der Waals surface area contributed by atoms with Gasteiger partial charge in [-0.05, 0) is 25.5 Å². The molecule has 5 heteroatoms. The highest BCUT2D eigenvalue weighted by molar-refractivity contribution is 6.31. The third-order valence-corrected chi connectivity index (χ3v) is 2.92. The molecule has 1 unspecified atom stereocenters. The molecule has 0 aromatic carbocycles. The van der Waals surface area contributed by atoms with Crippen LogP contribution in [0.4, 0.5) is 0 Å². The van der Waals surface area contributed by atoms with Gasteiger partial charge in [0.2, 0.25) is 0 Å². The lowest BCUT2D eigenvalue weighted by Gasteiger charge is -2.12. The van der Waals surface area contributed by atoms with Crippen molar-refractivity contribution in [2.45, 2.75) is 32.9 Å². The lowest BCUT2D eigenvalue weighted by molar-refractivity contribution is 0.450. The van der Waals surface area contributed by atoms with Gasteiger partial charge in [0.05, 0.1) is 16.9 Å². The van der Waals surface area contributed by atoms with E-state index < -0.39 is 0 Å². The minimum Gasteiger partial charge on any atom is -0.464 e. The van der Waals surface area contributed by atoms with Gasteiger partial charge in [-0.15, -0.1) is 0 Å². The van der Waals surface area contributed by atoms with E-state index in [1.165, 1.54) is 0 Å². The van der Waals surface area contributed by atoms with Gasteiger partial charge in [0, 0.05) is 6.54 Å². The molecule has 2 rings (SSSR count). The molecule has 92 valence electrons. The van der Waals surface area contributed by atoms with Crippen molar-refractivity contribution in [3.05, 3.63) is 40.6 Å². The maximum Gasteiger partial charge on any atom is 0.127 e. The summed E-state index contributed by atoms with van der Waals surface area (Å²) in [7, 11) is 0. The summed E-state index contributed by atoms with van der Waals surface area (Å²) >= 11 is 6.13. The summed E-state index contributed by atoms with van der Waals surface area (Å²) in [5.41, 5.74) is 6.98. The molecule has 0 aliphatic heterocycles. The number of hydrogen-bond acceptors (Lipinski definition) is 3. The molecule has 0 fully saturated rings. The third-order valence-electron chi connectivity index (χ3n) is 2.63. The van der Waals surface area contributed by atoms with Crippen molar-refractivity contribution in [2.75, 3.05) is 0 Å². The molecule has 0 spiro atoms. The van der Waals surface area contributed by atoms with Crippen molar-refractivity contribution in [3.8, 4) is 0 Å². The molecule has 0 aliphatic rings. The first-order valence-corrected chi connectivity index (χ1v) is 6.04. The smallest absolute Gasteiger partial charge is 0.127 e. The fourth-order valence-electron chi connectivity index (χ4n) is 1.83. The average molecular weight is 254 g/mol. The Morgan fingerprint density at radius 1 is 1.53 bits per heavy atom. The number of aromatic nitrogens is 2. The first kappa shape index (κ1) is 12.2. The minimum atomic E-state index is -0.370. The van der Waals surface area contributed by atoms with E-state index in [0.29, 0.717) is 10.8 Å². The van der Waals surface area contributed by atoms with Crippen molar-refractivity contribution in [2.24, 2.45) is 5.73 Å². The molecule has 4 nitrogen and oxygen atoms in total. The summed E-state index contributed by atoms with van der Waals surface area (Å²) < 4.78 is 7.37. The quantitative estimate of drug-likeness (QED) is 0.912. The van der Waals surface area contributed by atoms with Gasteiger partial charge >= 0.3 is 0 Å². The van der Waals surface area contributed by atoms with Gasteiger partial charge in [-0.25, -0.2) is 0 Å². The zero-order valence-electron chi connectivity index (χ0n) is 9.98. The van der Waals surface area contributed by atoms with Gasteiger partial charge in [-0.1, -0.05) is 18.5 Å². The molecule has 2 heterocycles. The Balaban J connectivity index is 2.35. The zero-order chi connectivity index (χ0) is 12.4. The first-order chi connectivity index (χ1) is 8.13. The van der Waals surface area contributed by atoms with Crippen molar-refractivity contribution in [1.82, 2.24) is 9.78 Å². The van der Waals surface area contributed by atoms with E-state index in [2.05, 4.69) is 12.0 Å². The van der Waals surface area contributed by atoms with Gasteiger partial charge in [-0.3, -0.25) is 4.68 Å². The topological polar surface area (TPSA) is 57.0 Å². The molecular formula is C12H16ClN3O. The minimum absolute atomic E-state index is 0.370. The number of hydrogen-bond donors (Lipinski definition) is 1. The second kappa shape index (κ2) is 4.94. The Kier molecular flexibility index (Phi) is 3.54. The van der Waals surface area contributed by atoms with Crippen molar-refractivity contribution in [3.63, 3.8) is 0 Å². The summed E-state index contributed by atoms with van der Waals surface area (Å²) in [4.78, 5) is 0. The van der Waals surface area contributed by atoms with E-state index >= 15 is 0 Å². The number of halogens is 1. The van der Waals surface area contributed by atoms with E-state index in [1.54, 1.807) is 6.20 Å². The predicted molar refractivity (Wildman–Crippen MR) is 67.0 cm³/mol. The molecule has 0 aliphatic carbocycles. The van der Waals surface area contributed by atoms with E-state index in [4.69, 9.17) is 21.8 Å². The lowest BCUT2D eigenvalue weighted by atomic mass is 10.1. The predicted octanol–water partition coefficient (Wildman–Crippen LogP) is 2.90. The molecule has 0 saturated heterocycles. The van der Waals surface area contributed by atoms with Gasteiger partial charge in [0.15, 0.2) is 0 Å². The van der Waals surface area contributed by atoms with E-state index in [1.807, 2.05) is 23.7 Å². The lowest BCUT2D eigenvalue weighted by Crippen LogP contribution is -2.17. The van der Waals surface area contributed by atoms with Crippen LogP contribution < -0.4 is 5.73 Å². The molecular weight excluding hydrogens is 238 g/mol. The zero-order valence-corrected chi connectivity index (χ0v) is 10.7. The molecule has 2 aromatic heterocycles. The van der Waals surface area contributed by atoms with Crippen LogP contribution in [0.1, 0.15) is 36.6 Å². The number of rotatable bonds is 4. The number of nitrogens with zero attached hydrogens (tertiary/aromatic N) is 2. The van der Waals surface area contributed by atoms with E-state index in [-0.39, 0.29) is 6.04 Å². The van der Waals surface area contributed by atoms with Crippen molar-refractivity contribution >= 4 is 11.6 Å². The second-order valence-corrected chi connectivity index (χ2v) is 4.43. The molecule has 1 atom stereocenters. The van der Waals surface area contributed by atoms with Gasteiger partial charge < -0.3 is 10.2 Å². The van der Waals surface area contributed by atoms with Crippen LogP contribution in [0.15, 0.2) is 22.7 Å². The molecule has 0 amide bonds. The van der Waals surface area contributed by atoms with Gasteiger partial charge in [-0.2, -0.15) is 5.10 Å². The van der Waals surface area contributed by atoms with Crippen LogP contribution in [-0.2, 0) is 6.54 Å². The van der Waals surface area contributed by atoms with Crippen LogP contribution in [-0.4, -0.2) is 9.78 Å². The fourth-order valence-corrected chi connectivity index (χ4v) is 2.09. The maximum absolute atomic E-state index is 6.17. The summed E-state index contributed by atoms with van der Waals surface area (Å²) in [6.07, 6.45) is 2.61. The van der Waals surface area contributed by atoms with Crippen LogP contribution >= 0.6 is 11.6 Å². The van der Waals surface area contributed by atoms with Crippen LogP contribution in [0.5, 0.6) is 0 Å². The molecule has 2 aromatic rings. The Hall–Kier alpha value is -1.26. The Morgan fingerprint density at radius 3 is 2.88 bits per heavy atom. The largest absolute Gasteiger partial charge is 0.464 e.